The molecule has 2 aromatic rings. The van der Waals surface area contributed by atoms with Gasteiger partial charge in [0, 0.05) is 18.0 Å². The molecule has 1 aliphatic heterocycles. The van der Waals surface area contributed by atoms with Gasteiger partial charge in [-0.05, 0) is 24.1 Å². The summed E-state index contributed by atoms with van der Waals surface area (Å²) in [5, 5.41) is 0. The Hall–Kier alpha value is -1.26. The molecule has 0 saturated heterocycles. The fourth-order valence-corrected chi connectivity index (χ4v) is 3.33. The summed E-state index contributed by atoms with van der Waals surface area (Å²) in [5.74, 6) is 0.0201. The molecule has 1 aliphatic rings. The molecule has 3 rings (SSSR count). The predicted octanol–water partition coefficient (Wildman–Crippen LogP) is 3.19. The molecule has 1 amide bonds. The predicted molar refractivity (Wildman–Crippen MR) is 66.5 cm³/mol. The number of nitrogens with zero attached hydrogens (tertiary/aromatic N) is 1. The van der Waals surface area contributed by atoms with Gasteiger partial charge in [-0.1, -0.05) is 11.6 Å². The molecule has 0 spiro atoms. The lowest BCUT2D eigenvalue weighted by Gasteiger charge is -2.26. The molecule has 0 atom stereocenters. The second-order valence-corrected chi connectivity index (χ2v) is 5.76. The van der Waals surface area contributed by atoms with Gasteiger partial charge in [0.15, 0.2) is 0 Å². The number of fused-ring (bicyclic) bond motifs is 1. The van der Waals surface area contributed by atoms with E-state index < -0.39 is 0 Å². The third-order valence-corrected chi connectivity index (χ3v) is 4.26. The number of furan rings is 1. The minimum atomic E-state index is 0.0201. The van der Waals surface area contributed by atoms with Gasteiger partial charge in [0.1, 0.15) is 6.26 Å². The molecule has 3 heterocycles. The minimum Gasteiger partial charge on any atom is -0.472 e. The molecule has 0 saturated carbocycles. The Kier molecular flexibility index (Phi) is 2.68. The van der Waals surface area contributed by atoms with Crippen LogP contribution in [0.4, 0.5) is 0 Å². The third kappa shape index (κ3) is 1.98. The van der Waals surface area contributed by atoms with Crippen molar-refractivity contribution in [2.45, 2.75) is 13.0 Å². The molecule has 5 heteroatoms. The van der Waals surface area contributed by atoms with E-state index in [-0.39, 0.29) is 5.91 Å². The van der Waals surface area contributed by atoms with E-state index in [9.17, 15) is 4.79 Å². The van der Waals surface area contributed by atoms with Crippen LogP contribution in [0.5, 0.6) is 0 Å². The highest BCUT2D eigenvalue weighted by Gasteiger charge is 2.23. The number of hydrogen-bond acceptors (Lipinski definition) is 3. The summed E-state index contributed by atoms with van der Waals surface area (Å²) < 4.78 is 5.73. The molecule has 2 aromatic heterocycles. The van der Waals surface area contributed by atoms with Crippen LogP contribution in [0.3, 0.4) is 0 Å². The van der Waals surface area contributed by atoms with Crippen molar-refractivity contribution >= 4 is 28.8 Å². The van der Waals surface area contributed by atoms with Crippen molar-refractivity contribution < 1.29 is 9.21 Å². The number of carbonyl (C=O) groups is 1. The van der Waals surface area contributed by atoms with Crippen LogP contribution in [0.2, 0.25) is 4.34 Å². The van der Waals surface area contributed by atoms with E-state index in [0.29, 0.717) is 12.1 Å². The van der Waals surface area contributed by atoms with Crippen molar-refractivity contribution in [3.05, 3.63) is 45.0 Å². The van der Waals surface area contributed by atoms with Crippen LogP contribution in [-0.4, -0.2) is 17.4 Å². The highest BCUT2D eigenvalue weighted by atomic mass is 35.5. The Morgan fingerprint density at radius 3 is 3.18 bits per heavy atom. The zero-order valence-corrected chi connectivity index (χ0v) is 10.6. The van der Waals surface area contributed by atoms with Gasteiger partial charge in [-0.3, -0.25) is 4.79 Å². The molecule has 0 aromatic carbocycles. The maximum absolute atomic E-state index is 12.1. The van der Waals surface area contributed by atoms with Crippen LogP contribution < -0.4 is 0 Å². The van der Waals surface area contributed by atoms with Crippen LogP contribution >= 0.6 is 22.9 Å². The first kappa shape index (κ1) is 10.9. The van der Waals surface area contributed by atoms with Crippen molar-refractivity contribution in [3.63, 3.8) is 0 Å². The molecular weight excluding hydrogens is 258 g/mol. The van der Waals surface area contributed by atoms with Crippen LogP contribution in [-0.2, 0) is 13.0 Å². The maximum atomic E-state index is 12.1. The number of amides is 1. The molecule has 0 radical (unpaired) electrons. The third-order valence-electron chi connectivity index (χ3n) is 2.89. The van der Waals surface area contributed by atoms with Crippen molar-refractivity contribution in [1.82, 2.24) is 4.90 Å². The Balaban J connectivity index is 1.82. The van der Waals surface area contributed by atoms with E-state index >= 15 is 0 Å². The highest BCUT2D eigenvalue weighted by Crippen LogP contribution is 2.31. The monoisotopic (exact) mass is 267 g/mol. The average molecular weight is 268 g/mol. The van der Waals surface area contributed by atoms with Gasteiger partial charge in [0.25, 0.3) is 5.91 Å². The van der Waals surface area contributed by atoms with Gasteiger partial charge >= 0.3 is 0 Å². The summed E-state index contributed by atoms with van der Waals surface area (Å²) >= 11 is 7.59. The molecular formula is C12H10ClNO2S. The lowest BCUT2D eigenvalue weighted by molar-refractivity contribution is 0.0735. The Morgan fingerprint density at radius 2 is 2.41 bits per heavy atom. The van der Waals surface area contributed by atoms with Crippen LogP contribution in [0.25, 0.3) is 0 Å². The molecule has 0 fully saturated rings. The van der Waals surface area contributed by atoms with Gasteiger partial charge in [0.2, 0.25) is 0 Å². The molecule has 88 valence electrons. The number of hydrogen-bond donors (Lipinski definition) is 0. The summed E-state index contributed by atoms with van der Waals surface area (Å²) in [7, 11) is 0. The fraction of sp³-hybridized carbons (Fsp3) is 0.250. The molecule has 0 unspecified atom stereocenters. The summed E-state index contributed by atoms with van der Waals surface area (Å²) in [6, 6.07) is 3.65. The quantitative estimate of drug-likeness (QED) is 0.795. The van der Waals surface area contributed by atoms with E-state index in [4.69, 9.17) is 16.0 Å². The van der Waals surface area contributed by atoms with Crippen molar-refractivity contribution in [2.75, 3.05) is 6.54 Å². The Morgan fingerprint density at radius 1 is 1.53 bits per heavy atom. The summed E-state index contributed by atoms with van der Waals surface area (Å²) in [4.78, 5) is 15.2. The first-order valence-corrected chi connectivity index (χ1v) is 6.52. The SMILES string of the molecule is O=C(c1ccoc1)N1CCc2sc(Cl)cc2C1. The topological polar surface area (TPSA) is 33.5 Å². The van der Waals surface area contributed by atoms with Crippen LogP contribution in [0.15, 0.2) is 29.1 Å². The van der Waals surface area contributed by atoms with Crippen LogP contribution in [0.1, 0.15) is 20.8 Å². The second-order valence-electron chi connectivity index (χ2n) is 3.99. The number of carbonyl (C=O) groups excluding carboxylic acids is 1. The van der Waals surface area contributed by atoms with E-state index in [1.807, 2.05) is 11.0 Å². The van der Waals surface area contributed by atoms with E-state index in [0.717, 1.165) is 17.3 Å². The molecule has 17 heavy (non-hydrogen) atoms. The first-order chi connectivity index (χ1) is 8.24. The van der Waals surface area contributed by atoms with Crippen molar-refractivity contribution in [3.8, 4) is 0 Å². The largest absolute Gasteiger partial charge is 0.472 e. The summed E-state index contributed by atoms with van der Waals surface area (Å²) in [6.45, 7) is 1.39. The number of rotatable bonds is 1. The Bertz CT molecular complexity index is 547. The zero-order chi connectivity index (χ0) is 11.8. The van der Waals surface area contributed by atoms with E-state index in [1.54, 1.807) is 17.4 Å². The van der Waals surface area contributed by atoms with Crippen molar-refractivity contribution in [1.29, 1.82) is 0 Å². The first-order valence-electron chi connectivity index (χ1n) is 5.32. The van der Waals surface area contributed by atoms with Gasteiger partial charge in [-0.25, -0.2) is 0 Å². The normalized spacial score (nSPS) is 14.8. The van der Waals surface area contributed by atoms with Crippen LogP contribution in [0, 0.1) is 0 Å². The van der Waals surface area contributed by atoms with Gasteiger partial charge < -0.3 is 9.32 Å². The summed E-state index contributed by atoms with van der Waals surface area (Å²) in [6.07, 6.45) is 3.89. The standard InChI is InChI=1S/C12H10ClNO2S/c13-11-5-9-6-14(3-1-10(9)17-11)12(15)8-2-4-16-7-8/h2,4-5,7H,1,3,6H2. The molecule has 0 N–H and O–H groups in total. The lowest BCUT2D eigenvalue weighted by Crippen LogP contribution is -2.35. The van der Waals surface area contributed by atoms with Gasteiger partial charge in [-0.2, -0.15) is 0 Å². The molecule has 0 bridgehead atoms. The minimum absolute atomic E-state index is 0.0201. The molecule has 3 nitrogen and oxygen atoms in total. The second kappa shape index (κ2) is 4.20. The van der Waals surface area contributed by atoms with E-state index in [2.05, 4.69) is 0 Å². The van der Waals surface area contributed by atoms with Crippen molar-refractivity contribution in [2.24, 2.45) is 0 Å². The maximum Gasteiger partial charge on any atom is 0.257 e. The summed E-state index contributed by atoms with van der Waals surface area (Å²) in [5.41, 5.74) is 1.78. The fourth-order valence-electron chi connectivity index (χ4n) is 2.04. The average Bonchev–Trinajstić information content (AvgIpc) is 2.94. The van der Waals surface area contributed by atoms with Gasteiger partial charge in [-0.15, -0.1) is 11.3 Å². The lowest BCUT2D eigenvalue weighted by atomic mass is 10.1. The number of halogens is 1. The number of thiophene rings is 1. The Labute approximate surface area is 108 Å². The zero-order valence-electron chi connectivity index (χ0n) is 8.98. The molecule has 0 aliphatic carbocycles. The smallest absolute Gasteiger partial charge is 0.257 e. The van der Waals surface area contributed by atoms with Gasteiger partial charge in [0.05, 0.1) is 16.2 Å². The highest BCUT2D eigenvalue weighted by molar-refractivity contribution is 7.16. The van der Waals surface area contributed by atoms with E-state index in [1.165, 1.54) is 23.0 Å².